The lowest BCUT2D eigenvalue weighted by molar-refractivity contribution is -0.116. The van der Waals surface area contributed by atoms with Gasteiger partial charge in [-0.3, -0.25) is 9.48 Å². The van der Waals surface area contributed by atoms with Crippen molar-refractivity contribution in [1.29, 1.82) is 0 Å². The van der Waals surface area contributed by atoms with Crippen LogP contribution in [0.25, 0.3) is 0 Å². The number of ketones is 1. The summed E-state index contributed by atoms with van der Waals surface area (Å²) in [4.78, 5) is 11.9. The van der Waals surface area contributed by atoms with E-state index in [1.807, 2.05) is 18.5 Å². The van der Waals surface area contributed by atoms with Crippen molar-refractivity contribution in [2.75, 3.05) is 11.5 Å². The summed E-state index contributed by atoms with van der Waals surface area (Å²) < 4.78 is 2.89. The molecule has 0 atom stereocenters. The van der Waals surface area contributed by atoms with Gasteiger partial charge in [-0.2, -0.15) is 16.9 Å². The van der Waals surface area contributed by atoms with Crippen LogP contribution in [0.3, 0.4) is 0 Å². The van der Waals surface area contributed by atoms with Crippen LogP contribution in [0.4, 0.5) is 0 Å². The Morgan fingerprint density at radius 2 is 2.17 bits per heavy atom. The maximum Gasteiger partial charge on any atom is 0.148 e. The molecule has 5 heteroatoms. The second-order valence-corrected chi connectivity index (χ2v) is 6.61. The first-order valence-corrected chi connectivity index (χ1v) is 8.21. The van der Waals surface area contributed by atoms with Crippen molar-refractivity contribution in [2.24, 2.45) is 5.92 Å². The summed E-state index contributed by atoms with van der Waals surface area (Å²) in [6.45, 7) is 9.14. The van der Waals surface area contributed by atoms with E-state index in [1.165, 1.54) is 0 Å². The highest BCUT2D eigenvalue weighted by Crippen LogP contribution is 2.22. The maximum absolute atomic E-state index is 11.9. The lowest BCUT2D eigenvalue weighted by Gasteiger charge is -2.06. The zero-order chi connectivity index (χ0) is 13.7. The minimum absolute atomic E-state index is 0.274. The van der Waals surface area contributed by atoms with Gasteiger partial charge in [-0.25, -0.2) is 0 Å². The molecule has 0 aromatic carbocycles. The molecular weight excluding hydrogens is 312 g/mol. The highest BCUT2D eigenvalue weighted by molar-refractivity contribution is 9.10. The summed E-state index contributed by atoms with van der Waals surface area (Å²) in [6.07, 6.45) is 0.473. The van der Waals surface area contributed by atoms with Gasteiger partial charge in [-0.1, -0.05) is 13.8 Å². The molecule has 0 fully saturated rings. The predicted octanol–water partition coefficient (Wildman–Crippen LogP) is 3.47. The number of halogens is 1. The first-order chi connectivity index (χ1) is 8.45. The van der Waals surface area contributed by atoms with Gasteiger partial charge >= 0.3 is 0 Å². The number of hydrogen-bond donors (Lipinski definition) is 0. The number of carbonyl (C=O) groups is 1. The predicted molar refractivity (Wildman–Crippen MR) is 81.2 cm³/mol. The van der Waals surface area contributed by atoms with Crippen LogP contribution in [0.15, 0.2) is 4.47 Å². The molecular formula is C13H21BrN2OS. The summed E-state index contributed by atoms with van der Waals surface area (Å²) in [5.41, 5.74) is 1.96. The molecule has 0 saturated heterocycles. The number of nitrogens with zero attached hydrogens (tertiary/aromatic N) is 2. The van der Waals surface area contributed by atoms with E-state index < -0.39 is 0 Å². The molecule has 0 bridgehead atoms. The van der Waals surface area contributed by atoms with E-state index in [1.54, 1.807) is 11.8 Å². The first kappa shape index (κ1) is 15.8. The van der Waals surface area contributed by atoms with Gasteiger partial charge in [-0.15, -0.1) is 0 Å². The lowest BCUT2D eigenvalue weighted by atomic mass is 10.2. The van der Waals surface area contributed by atoms with Gasteiger partial charge in [0.1, 0.15) is 5.78 Å². The van der Waals surface area contributed by atoms with E-state index in [4.69, 9.17) is 0 Å². The van der Waals surface area contributed by atoms with Crippen molar-refractivity contribution in [1.82, 2.24) is 9.78 Å². The fourth-order valence-corrected chi connectivity index (χ4v) is 3.03. The Bertz CT molecular complexity index is 415. The van der Waals surface area contributed by atoms with Crippen LogP contribution in [-0.2, 0) is 17.8 Å². The molecule has 1 heterocycles. The molecule has 0 spiro atoms. The second kappa shape index (κ2) is 7.34. The largest absolute Gasteiger partial charge is 0.298 e. The molecule has 0 N–H and O–H groups in total. The van der Waals surface area contributed by atoms with Gasteiger partial charge in [0.05, 0.1) is 28.0 Å². The SMILES string of the molecule is CCn1nc(C)c(Br)c1CC(=O)CSCC(C)C. The van der Waals surface area contributed by atoms with Crippen molar-refractivity contribution in [3.63, 3.8) is 0 Å². The zero-order valence-electron chi connectivity index (χ0n) is 11.5. The van der Waals surface area contributed by atoms with Gasteiger partial charge in [0.25, 0.3) is 0 Å². The highest BCUT2D eigenvalue weighted by Gasteiger charge is 2.15. The van der Waals surface area contributed by atoms with E-state index in [-0.39, 0.29) is 5.78 Å². The third-order valence-electron chi connectivity index (χ3n) is 2.53. The van der Waals surface area contributed by atoms with Gasteiger partial charge < -0.3 is 0 Å². The molecule has 3 nitrogen and oxygen atoms in total. The number of aromatic nitrogens is 2. The molecule has 102 valence electrons. The van der Waals surface area contributed by atoms with Crippen LogP contribution < -0.4 is 0 Å². The normalized spacial score (nSPS) is 11.2. The number of Topliss-reactive ketones (excluding diaryl/α,β-unsaturated/α-hetero) is 1. The minimum atomic E-state index is 0.274. The van der Waals surface area contributed by atoms with E-state index >= 15 is 0 Å². The molecule has 1 aromatic heterocycles. The Balaban J connectivity index is 2.59. The van der Waals surface area contributed by atoms with Gasteiger partial charge in [-0.05, 0) is 41.4 Å². The molecule has 0 amide bonds. The molecule has 18 heavy (non-hydrogen) atoms. The first-order valence-electron chi connectivity index (χ1n) is 6.26. The Hall–Kier alpha value is -0.290. The fourth-order valence-electron chi connectivity index (χ4n) is 1.68. The fraction of sp³-hybridized carbons (Fsp3) is 0.692. The van der Waals surface area contributed by atoms with Crippen LogP contribution in [0, 0.1) is 12.8 Å². The van der Waals surface area contributed by atoms with Crippen LogP contribution >= 0.6 is 27.7 Å². The van der Waals surface area contributed by atoms with Crippen LogP contribution in [-0.4, -0.2) is 27.1 Å². The molecule has 1 aromatic rings. The smallest absolute Gasteiger partial charge is 0.148 e. The van der Waals surface area contributed by atoms with Crippen LogP contribution in [0.1, 0.15) is 32.2 Å². The van der Waals surface area contributed by atoms with Crippen molar-refractivity contribution in [3.8, 4) is 0 Å². The number of hydrogen-bond acceptors (Lipinski definition) is 3. The maximum atomic E-state index is 11.9. The molecule has 0 radical (unpaired) electrons. The molecule has 0 aliphatic carbocycles. The van der Waals surface area contributed by atoms with E-state index in [2.05, 4.69) is 34.9 Å². The van der Waals surface area contributed by atoms with Crippen LogP contribution in [0.2, 0.25) is 0 Å². The number of rotatable bonds is 7. The Morgan fingerprint density at radius 3 is 2.72 bits per heavy atom. The standard InChI is InChI=1S/C13H21BrN2OS/c1-5-16-12(13(14)10(4)15-16)6-11(17)8-18-7-9(2)3/h9H,5-8H2,1-4H3. The van der Waals surface area contributed by atoms with Crippen molar-refractivity contribution in [2.45, 2.75) is 40.7 Å². The zero-order valence-corrected chi connectivity index (χ0v) is 13.9. The quantitative estimate of drug-likeness (QED) is 0.766. The highest BCUT2D eigenvalue weighted by atomic mass is 79.9. The van der Waals surface area contributed by atoms with Gasteiger partial charge in [0.2, 0.25) is 0 Å². The molecule has 0 aliphatic rings. The summed E-state index contributed by atoms with van der Waals surface area (Å²) in [5.74, 6) is 2.55. The molecule has 0 unspecified atom stereocenters. The number of thioether (sulfide) groups is 1. The van der Waals surface area contributed by atoms with Crippen molar-refractivity contribution in [3.05, 3.63) is 15.9 Å². The van der Waals surface area contributed by atoms with E-state index in [0.717, 1.165) is 28.2 Å². The van der Waals surface area contributed by atoms with Crippen molar-refractivity contribution < 1.29 is 4.79 Å². The minimum Gasteiger partial charge on any atom is -0.298 e. The molecule has 1 rings (SSSR count). The third kappa shape index (κ3) is 4.43. The molecule has 0 saturated carbocycles. The summed E-state index contributed by atoms with van der Waals surface area (Å²) in [5, 5.41) is 4.40. The van der Waals surface area contributed by atoms with Gasteiger partial charge in [0, 0.05) is 6.54 Å². The average molecular weight is 333 g/mol. The average Bonchev–Trinajstić information content (AvgIpc) is 2.56. The third-order valence-corrected chi connectivity index (χ3v) is 4.99. The summed E-state index contributed by atoms with van der Waals surface area (Å²) in [7, 11) is 0. The van der Waals surface area contributed by atoms with Crippen molar-refractivity contribution >= 4 is 33.5 Å². The molecule has 0 aliphatic heterocycles. The Morgan fingerprint density at radius 1 is 1.50 bits per heavy atom. The number of aryl methyl sites for hydroxylation is 2. The van der Waals surface area contributed by atoms with Crippen LogP contribution in [0.5, 0.6) is 0 Å². The Labute approximate surface area is 122 Å². The second-order valence-electron chi connectivity index (χ2n) is 4.79. The van der Waals surface area contributed by atoms with E-state index in [0.29, 0.717) is 18.1 Å². The Kier molecular flexibility index (Phi) is 6.43. The number of carbonyl (C=O) groups excluding carboxylic acids is 1. The summed E-state index contributed by atoms with van der Waals surface area (Å²) in [6, 6.07) is 0. The van der Waals surface area contributed by atoms with E-state index in [9.17, 15) is 4.79 Å². The lowest BCUT2D eigenvalue weighted by Crippen LogP contribution is -2.12. The van der Waals surface area contributed by atoms with Gasteiger partial charge in [0.15, 0.2) is 0 Å². The summed E-state index contributed by atoms with van der Waals surface area (Å²) >= 11 is 5.24. The topological polar surface area (TPSA) is 34.9 Å². The monoisotopic (exact) mass is 332 g/mol.